The molecule has 1 aromatic carbocycles. The highest BCUT2D eigenvalue weighted by molar-refractivity contribution is 7.24. The van der Waals surface area contributed by atoms with Gasteiger partial charge in [0.05, 0.1) is 23.4 Å². The third-order valence-electron chi connectivity index (χ3n) is 3.25. The average Bonchev–Trinajstić information content (AvgIpc) is 3.10. The number of thiazole rings is 2. The van der Waals surface area contributed by atoms with E-state index in [2.05, 4.69) is 9.97 Å². The van der Waals surface area contributed by atoms with Crippen LogP contribution in [0.5, 0.6) is 0 Å². The van der Waals surface area contributed by atoms with Gasteiger partial charge in [0.2, 0.25) is 0 Å². The van der Waals surface area contributed by atoms with E-state index in [1.54, 1.807) is 11.3 Å². The Hall–Kier alpha value is -1.76. The molecule has 118 valence electrons. The first-order chi connectivity index (χ1) is 11.0. The predicted molar refractivity (Wildman–Crippen MR) is 94.5 cm³/mol. The van der Waals surface area contributed by atoms with E-state index in [1.165, 1.54) is 18.4 Å². The molecule has 2 heterocycles. The quantitative estimate of drug-likeness (QED) is 0.614. The van der Waals surface area contributed by atoms with Gasteiger partial charge in [-0.2, -0.15) is 0 Å². The van der Waals surface area contributed by atoms with Gasteiger partial charge in [0.25, 0.3) is 0 Å². The Morgan fingerprint density at radius 3 is 2.35 bits per heavy atom. The molecule has 0 amide bonds. The van der Waals surface area contributed by atoms with Crippen LogP contribution in [0.4, 0.5) is 0 Å². The second kappa shape index (κ2) is 6.39. The highest BCUT2D eigenvalue weighted by Crippen LogP contribution is 2.38. The lowest BCUT2D eigenvalue weighted by Gasteiger charge is -1.95. The van der Waals surface area contributed by atoms with E-state index in [4.69, 9.17) is 16.3 Å². The van der Waals surface area contributed by atoms with Gasteiger partial charge in [0.1, 0.15) is 14.9 Å². The number of benzene rings is 1. The van der Waals surface area contributed by atoms with Gasteiger partial charge in [-0.25, -0.2) is 14.8 Å². The van der Waals surface area contributed by atoms with Crippen LogP contribution in [0.25, 0.3) is 20.5 Å². The van der Waals surface area contributed by atoms with E-state index in [1.807, 2.05) is 38.1 Å². The first-order valence-electron chi connectivity index (χ1n) is 6.79. The molecule has 23 heavy (non-hydrogen) atoms. The molecule has 7 heteroatoms. The smallest absolute Gasteiger partial charge is 0.349 e. The van der Waals surface area contributed by atoms with E-state index in [0.29, 0.717) is 15.6 Å². The number of aryl methyl sites for hydroxylation is 2. The van der Waals surface area contributed by atoms with Crippen LogP contribution < -0.4 is 0 Å². The maximum Gasteiger partial charge on any atom is 0.349 e. The number of hydrogen-bond acceptors (Lipinski definition) is 6. The molecule has 0 aliphatic rings. The van der Waals surface area contributed by atoms with E-state index in [0.717, 1.165) is 26.1 Å². The molecular formula is C16H13ClN2O2S2. The fourth-order valence-electron chi connectivity index (χ4n) is 2.09. The molecule has 0 fully saturated rings. The van der Waals surface area contributed by atoms with Crippen LogP contribution in [0, 0.1) is 13.8 Å². The van der Waals surface area contributed by atoms with Gasteiger partial charge < -0.3 is 4.74 Å². The Balaban J connectivity index is 2.01. The number of carbonyl (C=O) groups excluding carboxylic acids is 1. The number of carbonyl (C=O) groups is 1. The molecule has 0 aliphatic heterocycles. The number of methoxy groups -OCH3 is 1. The zero-order chi connectivity index (χ0) is 16.6. The summed E-state index contributed by atoms with van der Waals surface area (Å²) in [5, 5.41) is 2.39. The summed E-state index contributed by atoms with van der Waals surface area (Å²) in [6, 6.07) is 7.57. The fraction of sp³-hybridized carbons (Fsp3) is 0.188. The summed E-state index contributed by atoms with van der Waals surface area (Å²) >= 11 is 8.81. The maximum atomic E-state index is 11.7. The summed E-state index contributed by atoms with van der Waals surface area (Å²) < 4.78 is 4.79. The molecule has 3 rings (SSSR count). The molecule has 0 aliphatic carbocycles. The number of aromatic nitrogens is 2. The van der Waals surface area contributed by atoms with Crippen LogP contribution in [0.2, 0.25) is 5.02 Å². The van der Waals surface area contributed by atoms with Gasteiger partial charge in [-0.1, -0.05) is 23.7 Å². The van der Waals surface area contributed by atoms with Crippen LogP contribution in [0.3, 0.4) is 0 Å². The summed E-state index contributed by atoms with van der Waals surface area (Å²) in [7, 11) is 1.37. The van der Waals surface area contributed by atoms with E-state index in [9.17, 15) is 4.79 Å². The average molecular weight is 365 g/mol. The zero-order valence-corrected chi connectivity index (χ0v) is 15.1. The molecule has 0 radical (unpaired) electrons. The lowest BCUT2D eigenvalue weighted by atomic mass is 10.2. The standard InChI is InChI=1S/C16H13ClN2O2S2/c1-8-12(15-19-9(2)13(23-15)16(20)21-3)22-14(18-8)10-4-6-11(17)7-5-10/h4-7H,1-3H3. The maximum absolute atomic E-state index is 11.7. The van der Waals surface area contributed by atoms with Gasteiger partial charge in [-0.15, -0.1) is 22.7 Å². The minimum atomic E-state index is -0.355. The normalized spacial score (nSPS) is 10.8. The largest absolute Gasteiger partial charge is 0.465 e. The van der Waals surface area contributed by atoms with Crippen LogP contribution >= 0.6 is 34.3 Å². The van der Waals surface area contributed by atoms with Crippen molar-refractivity contribution in [1.82, 2.24) is 9.97 Å². The molecule has 4 nitrogen and oxygen atoms in total. The van der Waals surface area contributed by atoms with Gasteiger partial charge in [0.15, 0.2) is 0 Å². The number of nitrogens with zero attached hydrogens (tertiary/aromatic N) is 2. The van der Waals surface area contributed by atoms with Crippen molar-refractivity contribution < 1.29 is 9.53 Å². The fourth-order valence-corrected chi connectivity index (χ4v) is 4.39. The third-order valence-corrected chi connectivity index (χ3v) is 6.00. The second-order valence-electron chi connectivity index (χ2n) is 4.87. The summed E-state index contributed by atoms with van der Waals surface area (Å²) in [4.78, 5) is 22.4. The Morgan fingerprint density at radius 1 is 1.04 bits per heavy atom. The Labute approximate surface area is 146 Å². The molecular weight excluding hydrogens is 352 g/mol. The van der Waals surface area contributed by atoms with Crippen LogP contribution in [-0.2, 0) is 4.74 Å². The summed E-state index contributed by atoms with van der Waals surface area (Å²) in [6.45, 7) is 3.75. The van der Waals surface area contributed by atoms with Crippen molar-refractivity contribution in [3.8, 4) is 20.5 Å². The number of rotatable bonds is 3. The SMILES string of the molecule is COC(=O)c1sc(-c2sc(-c3ccc(Cl)cc3)nc2C)nc1C. The first kappa shape index (κ1) is 16.1. The number of esters is 1. The lowest BCUT2D eigenvalue weighted by molar-refractivity contribution is 0.0605. The molecule has 0 N–H and O–H groups in total. The van der Waals surface area contributed by atoms with Crippen LogP contribution in [0.1, 0.15) is 21.1 Å². The predicted octanol–water partition coefficient (Wildman–Crippen LogP) is 4.99. The highest BCUT2D eigenvalue weighted by Gasteiger charge is 2.20. The van der Waals surface area contributed by atoms with Crippen LogP contribution in [0.15, 0.2) is 24.3 Å². The molecule has 0 unspecified atom stereocenters. The van der Waals surface area contributed by atoms with Crippen molar-refractivity contribution >= 4 is 40.2 Å². The summed E-state index contributed by atoms with van der Waals surface area (Å²) in [5.41, 5.74) is 2.58. The van der Waals surface area contributed by atoms with Crippen molar-refractivity contribution in [2.24, 2.45) is 0 Å². The summed E-state index contributed by atoms with van der Waals surface area (Å²) in [6.07, 6.45) is 0. The molecule has 2 aromatic heterocycles. The zero-order valence-electron chi connectivity index (χ0n) is 12.7. The first-order valence-corrected chi connectivity index (χ1v) is 8.80. The molecule has 0 saturated heterocycles. The monoisotopic (exact) mass is 364 g/mol. The van der Waals surface area contributed by atoms with E-state index >= 15 is 0 Å². The van der Waals surface area contributed by atoms with Gasteiger partial charge in [-0.3, -0.25) is 0 Å². The van der Waals surface area contributed by atoms with Gasteiger partial charge in [0, 0.05) is 10.6 Å². The Morgan fingerprint density at radius 2 is 1.70 bits per heavy atom. The number of halogens is 1. The third kappa shape index (κ3) is 3.15. The lowest BCUT2D eigenvalue weighted by Crippen LogP contribution is -1.99. The Kier molecular flexibility index (Phi) is 4.48. The van der Waals surface area contributed by atoms with Crippen molar-refractivity contribution in [2.45, 2.75) is 13.8 Å². The second-order valence-corrected chi connectivity index (χ2v) is 7.30. The molecule has 0 saturated carbocycles. The van der Waals surface area contributed by atoms with E-state index < -0.39 is 0 Å². The minimum Gasteiger partial charge on any atom is -0.465 e. The summed E-state index contributed by atoms with van der Waals surface area (Å²) in [5.74, 6) is -0.355. The number of ether oxygens (including phenoxy) is 1. The van der Waals surface area contributed by atoms with Crippen molar-refractivity contribution in [1.29, 1.82) is 0 Å². The molecule has 0 bridgehead atoms. The molecule has 3 aromatic rings. The van der Waals surface area contributed by atoms with Crippen molar-refractivity contribution in [3.05, 3.63) is 45.6 Å². The topological polar surface area (TPSA) is 52.1 Å². The molecule has 0 atom stereocenters. The van der Waals surface area contributed by atoms with Gasteiger partial charge in [-0.05, 0) is 26.0 Å². The van der Waals surface area contributed by atoms with Crippen LogP contribution in [-0.4, -0.2) is 23.0 Å². The van der Waals surface area contributed by atoms with Crippen molar-refractivity contribution in [3.63, 3.8) is 0 Å². The minimum absolute atomic E-state index is 0.355. The number of hydrogen-bond donors (Lipinski definition) is 0. The van der Waals surface area contributed by atoms with Gasteiger partial charge >= 0.3 is 5.97 Å². The van der Waals surface area contributed by atoms with E-state index in [-0.39, 0.29) is 5.97 Å². The van der Waals surface area contributed by atoms with Crippen molar-refractivity contribution in [2.75, 3.05) is 7.11 Å². The highest BCUT2D eigenvalue weighted by atomic mass is 35.5. The Bertz CT molecular complexity index is 869. The molecule has 0 spiro atoms.